The molecular formula is C12H12BrNOS. The van der Waals surface area contributed by atoms with Gasteiger partial charge in [0, 0.05) is 17.5 Å². The monoisotopic (exact) mass is 297 g/mol. The summed E-state index contributed by atoms with van der Waals surface area (Å²) in [5.41, 5.74) is 1.11. The molecule has 0 amide bonds. The molecule has 1 aliphatic carbocycles. The van der Waals surface area contributed by atoms with E-state index in [0.29, 0.717) is 12.0 Å². The summed E-state index contributed by atoms with van der Waals surface area (Å²) in [6, 6.07) is 6.26. The van der Waals surface area contributed by atoms with Crippen LogP contribution in [0, 0.1) is 0 Å². The van der Waals surface area contributed by atoms with Crippen molar-refractivity contribution in [1.29, 1.82) is 0 Å². The fourth-order valence-corrected chi connectivity index (χ4v) is 3.70. The number of ether oxygens (including phenoxy) is 1. The molecule has 0 spiro atoms. The first-order chi connectivity index (χ1) is 7.76. The second-order valence-electron chi connectivity index (χ2n) is 4.19. The number of hydrogen-bond donors (Lipinski definition) is 0. The molecule has 2 nitrogen and oxygen atoms in total. The maximum absolute atomic E-state index is 5.30. The van der Waals surface area contributed by atoms with E-state index in [9.17, 15) is 0 Å². The minimum atomic E-state index is 0.448. The van der Waals surface area contributed by atoms with Crippen LogP contribution in [0.1, 0.15) is 23.8 Å². The van der Waals surface area contributed by atoms with Crippen molar-refractivity contribution in [2.75, 3.05) is 7.11 Å². The molecule has 0 radical (unpaired) electrons. The third-order valence-corrected chi connectivity index (χ3v) is 4.82. The first-order valence-electron chi connectivity index (χ1n) is 5.35. The molecule has 1 aromatic carbocycles. The van der Waals surface area contributed by atoms with Gasteiger partial charge in [0.05, 0.1) is 21.3 Å². The second kappa shape index (κ2) is 4.09. The SMILES string of the molecule is COC1CC(c2nc3ccc(Br)cc3s2)C1. The molecule has 1 saturated carbocycles. The van der Waals surface area contributed by atoms with Gasteiger partial charge in [-0.2, -0.15) is 0 Å². The maximum atomic E-state index is 5.30. The second-order valence-corrected chi connectivity index (χ2v) is 6.17. The Labute approximate surface area is 107 Å². The van der Waals surface area contributed by atoms with E-state index >= 15 is 0 Å². The minimum absolute atomic E-state index is 0.448. The first kappa shape index (κ1) is 10.7. The molecule has 4 heteroatoms. The summed E-state index contributed by atoms with van der Waals surface area (Å²) in [7, 11) is 1.79. The van der Waals surface area contributed by atoms with Crippen LogP contribution >= 0.6 is 27.3 Å². The normalized spacial score (nSPS) is 24.6. The number of fused-ring (bicyclic) bond motifs is 1. The van der Waals surface area contributed by atoms with Gasteiger partial charge in [-0.05, 0) is 31.0 Å². The van der Waals surface area contributed by atoms with Gasteiger partial charge < -0.3 is 4.74 Å². The number of benzene rings is 1. The van der Waals surface area contributed by atoms with Crippen LogP contribution < -0.4 is 0 Å². The Kier molecular flexibility index (Phi) is 2.73. The highest BCUT2D eigenvalue weighted by Gasteiger charge is 2.32. The smallest absolute Gasteiger partial charge is 0.0971 e. The summed E-state index contributed by atoms with van der Waals surface area (Å²) in [5.74, 6) is 0.612. The van der Waals surface area contributed by atoms with Crippen molar-refractivity contribution in [1.82, 2.24) is 4.98 Å². The molecule has 0 N–H and O–H groups in total. The highest BCUT2D eigenvalue weighted by Crippen LogP contribution is 2.41. The summed E-state index contributed by atoms with van der Waals surface area (Å²) in [6.45, 7) is 0. The topological polar surface area (TPSA) is 22.1 Å². The highest BCUT2D eigenvalue weighted by atomic mass is 79.9. The number of halogens is 1. The lowest BCUT2D eigenvalue weighted by Crippen LogP contribution is -2.28. The average Bonchev–Trinajstić information content (AvgIpc) is 2.58. The predicted octanol–water partition coefficient (Wildman–Crippen LogP) is 3.95. The van der Waals surface area contributed by atoms with Crippen molar-refractivity contribution in [3.8, 4) is 0 Å². The standard InChI is InChI=1S/C12H12BrNOS/c1-15-9-4-7(5-9)12-14-10-3-2-8(13)6-11(10)16-12/h2-3,6-7,9H,4-5H2,1H3. The van der Waals surface area contributed by atoms with E-state index in [1.165, 1.54) is 9.71 Å². The van der Waals surface area contributed by atoms with E-state index in [1.807, 2.05) is 17.4 Å². The molecule has 0 unspecified atom stereocenters. The third kappa shape index (κ3) is 1.79. The Bertz CT molecular complexity index is 519. The molecule has 0 atom stereocenters. The Balaban J connectivity index is 1.89. The molecule has 1 aromatic heterocycles. The molecule has 0 saturated heterocycles. The summed E-state index contributed by atoms with van der Waals surface area (Å²) >= 11 is 5.30. The lowest BCUT2D eigenvalue weighted by molar-refractivity contribution is 0.0258. The van der Waals surface area contributed by atoms with Gasteiger partial charge in [-0.15, -0.1) is 11.3 Å². The zero-order valence-corrected chi connectivity index (χ0v) is 11.3. The van der Waals surface area contributed by atoms with Gasteiger partial charge >= 0.3 is 0 Å². The largest absolute Gasteiger partial charge is 0.381 e. The van der Waals surface area contributed by atoms with Crippen LogP contribution in [0.5, 0.6) is 0 Å². The molecule has 2 aromatic rings. The number of aromatic nitrogens is 1. The van der Waals surface area contributed by atoms with E-state index in [4.69, 9.17) is 4.74 Å². The molecule has 1 fully saturated rings. The van der Waals surface area contributed by atoms with Gasteiger partial charge in [-0.25, -0.2) is 4.98 Å². The van der Waals surface area contributed by atoms with E-state index in [1.54, 1.807) is 7.11 Å². The highest BCUT2D eigenvalue weighted by molar-refractivity contribution is 9.10. The number of rotatable bonds is 2. The van der Waals surface area contributed by atoms with E-state index in [-0.39, 0.29) is 0 Å². The zero-order valence-electron chi connectivity index (χ0n) is 8.94. The lowest BCUT2D eigenvalue weighted by atomic mass is 9.83. The third-order valence-electron chi connectivity index (χ3n) is 3.14. The molecule has 0 aliphatic heterocycles. The van der Waals surface area contributed by atoms with Gasteiger partial charge in [-0.1, -0.05) is 15.9 Å². The fourth-order valence-electron chi connectivity index (χ4n) is 2.05. The Morgan fingerprint density at radius 3 is 3.00 bits per heavy atom. The van der Waals surface area contributed by atoms with Gasteiger partial charge in [0.25, 0.3) is 0 Å². The molecule has 16 heavy (non-hydrogen) atoms. The first-order valence-corrected chi connectivity index (χ1v) is 6.96. The zero-order chi connectivity index (χ0) is 11.1. The summed E-state index contributed by atoms with van der Waals surface area (Å²) in [6.07, 6.45) is 2.69. The quantitative estimate of drug-likeness (QED) is 0.837. The van der Waals surface area contributed by atoms with Crippen molar-refractivity contribution < 1.29 is 4.74 Å². The van der Waals surface area contributed by atoms with Crippen LogP contribution in [0.15, 0.2) is 22.7 Å². The van der Waals surface area contributed by atoms with Crippen molar-refractivity contribution >= 4 is 37.5 Å². The number of thiazole rings is 1. The molecule has 1 aliphatic rings. The average molecular weight is 298 g/mol. The van der Waals surface area contributed by atoms with Crippen LogP contribution in [0.2, 0.25) is 0 Å². The summed E-state index contributed by atoms with van der Waals surface area (Å²) in [5, 5.41) is 1.27. The van der Waals surface area contributed by atoms with E-state index in [2.05, 4.69) is 33.0 Å². The van der Waals surface area contributed by atoms with Crippen LogP contribution in [0.4, 0.5) is 0 Å². The number of nitrogens with zero attached hydrogens (tertiary/aromatic N) is 1. The van der Waals surface area contributed by atoms with Crippen LogP contribution in [0.3, 0.4) is 0 Å². The molecule has 1 heterocycles. The summed E-state index contributed by atoms with van der Waals surface area (Å²) in [4.78, 5) is 4.69. The van der Waals surface area contributed by atoms with Crippen molar-refractivity contribution in [2.45, 2.75) is 24.9 Å². The van der Waals surface area contributed by atoms with Crippen LogP contribution in [-0.4, -0.2) is 18.2 Å². The Morgan fingerprint density at radius 1 is 1.44 bits per heavy atom. The van der Waals surface area contributed by atoms with Gasteiger partial charge in [0.15, 0.2) is 0 Å². The minimum Gasteiger partial charge on any atom is -0.381 e. The summed E-state index contributed by atoms with van der Waals surface area (Å²) < 4.78 is 7.69. The molecular weight excluding hydrogens is 286 g/mol. The van der Waals surface area contributed by atoms with Crippen LogP contribution in [-0.2, 0) is 4.74 Å². The molecule has 84 valence electrons. The van der Waals surface area contributed by atoms with Gasteiger partial charge in [-0.3, -0.25) is 0 Å². The maximum Gasteiger partial charge on any atom is 0.0971 e. The Hall–Kier alpha value is -0.450. The fraction of sp³-hybridized carbons (Fsp3) is 0.417. The number of methoxy groups -OCH3 is 1. The lowest BCUT2D eigenvalue weighted by Gasteiger charge is -2.32. The van der Waals surface area contributed by atoms with E-state index in [0.717, 1.165) is 22.8 Å². The van der Waals surface area contributed by atoms with Crippen molar-refractivity contribution in [3.63, 3.8) is 0 Å². The number of hydrogen-bond acceptors (Lipinski definition) is 3. The van der Waals surface area contributed by atoms with Gasteiger partial charge in [0.1, 0.15) is 0 Å². The van der Waals surface area contributed by atoms with E-state index < -0.39 is 0 Å². The van der Waals surface area contributed by atoms with Crippen LogP contribution in [0.25, 0.3) is 10.2 Å². The Morgan fingerprint density at radius 2 is 2.25 bits per heavy atom. The van der Waals surface area contributed by atoms with Crippen molar-refractivity contribution in [3.05, 3.63) is 27.7 Å². The molecule has 0 bridgehead atoms. The van der Waals surface area contributed by atoms with Gasteiger partial charge in [0.2, 0.25) is 0 Å². The predicted molar refractivity (Wildman–Crippen MR) is 70.1 cm³/mol. The van der Waals surface area contributed by atoms with Crippen molar-refractivity contribution in [2.24, 2.45) is 0 Å². The molecule has 3 rings (SSSR count).